The summed E-state index contributed by atoms with van der Waals surface area (Å²) in [7, 11) is 1.70. The van der Waals surface area contributed by atoms with Gasteiger partial charge in [0.05, 0.1) is 19.8 Å². The SMILES string of the molecule is COCCOCCN1CCNC(C)CC1. The molecule has 0 saturated carbocycles. The molecule has 1 aliphatic rings. The lowest BCUT2D eigenvalue weighted by Crippen LogP contribution is -2.31. The molecule has 1 aliphatic heterocycles. The average Bonchev–Trinajstić information content (AvgIpc) is 2.43. The minimum Gasteiger partial charge on any atom is -0.382 e. The second-order valence-corrected chi connectivity index (χ2v) is 4.09. The predicted molar refractivity (Wildman–Crippen MR) is 61.2 cm³/mol. The van der Waals surface area contributed by atoms with E-state index in [2.05, 4.69) is 17.1 Å². The van der Waals surface area contributed by atoms with Crippen molar-refractivity contribution in [2.45, 2.75) is 19.4 Å². The maximum Gasteiger partial charge on any atom is 0.0700 e. The Morgan fingerprint density at radius 2 is 2.13 bits per heavy atom. The van der Waals surface area contributed by atoms with Crippen molar-refractivity contribution in [3.05, 3.63) is 0 Å². The van der Waals surface area contributed by atoms with Crippen LogP contribution in [-0.2, 0) is 9.47 Å². The third kappa shape index (κ3) is 6.10. The van der Waals surface area contributed by atoms with Gasteiger partial charge >= 0.3 is 0 Å². The van der Waals surface area contributed by atoms with Gasteiger partial charge in [0.15, 0.2) is 0 Å². The minimum absolute atomic E-state index is 0.657. The van der Waals surface area contributed by atoms with E-state index >= 15 is 0 Å². The maximum atomic E-state index is 5.46. The van der Waals surface area contributed by atoms with Crippen LogP contribution in [0.15, 0.2) is 0 Å². The van der Waals surface area contributed by atoms with E-state index in [1.807, 2.05) is 0 Å². The van der Waals surface area contributed by atoms with Gasteiger partial charge in [0, 0.05) is 32.8 Å². The van der Waals surface area contributed by atoms with Crippen molar-refractivity contribution < 1.29 is 9.47 Å². The van der Waals surface area contributed by atoms with Gasteiger partial charge in [0.25, 0.3) is 0 Å². The first-order valence-electron chi connectivity index (χ1n) is 5.85. The van der Waals surface area contributed by atoms with Crippen molar-refractivity contribution in [3.63, 3.8) is 0 Å². The Hall–Kier alpha value is -0.160. The minimum atomic E-state index is 0.657. The van der Waals surface area contributed by atoms with E-state index in [0.717, 1.165) is 26.2 Å². The smallest absolute Gasteiger partial charge is 0.0700 e. The fourth-order valence-corrected chi connectivity index (χ4v) is 1.72. The summed E-state index contributed by atoms with van der Waals surface area (Å²) in [5, 5.41) is 3.48. The monoisotopic (exact) mass is 216 g/mol. The van der Waals surface area contributed by atoms with Crippen LogP contribution in [0.3, 0.4) is 0 Å². The zero-order valence-corrected chi connectivity index (χ0v) is 10.00. The lowest BCUT2D eigenvalue weighted by atomic mass is 10.2. The fraction of sp³-hybridized carbons (Fsp3) is 1.00. The van der Waals surface area contributed by atoms with Crippen LogP contribution in [-0.4, -0.2) is 64.1 Å². The van der Waals surface area contributed by atoms with Crippen LogP contribution in [0, 0.1) is 0 Å². The molecule has 1 fully saturated rings. The molecule has 1 rings (SSSR count). The van der Waals surface area contributed by atoms with Crippen LogP contribution in [0.5, 0.6) is 0 Å². The Morgan fingerprint density at radius 3 is 2.93 bits per heavy atom. The average molecular weight is 216 g/mol. The highest BCUT2D eigenvalue weighted by Gasteiger charge is 2.11. The van der Waals surface area contributed by atoms with Gasteiger partial charge in [0.1, 0.15) is 0 Å². The molecule has 0 bridgehead atoms. The first-order valence-corrected chi connectivity index (χ1v) is 5.85. The zero-order chi connectivity index (χ0) is 10.9. The van der Waals surface area contributed by atoms with Crippen molar-refractivity contribution in [1.82, 2.24) is 10.2 Å². The first kappa shape index (κ1) is 12.9. The number of nitrogens with one attached hydrogen (secondary N) is 1. The number of rotatable bonds is 6. The molecule has 0 amide bonds. The van der Waals surface area contributed by atoms with E-state index in [-0.39, 0.29) is 0 Å². The molecule has 0 aromatic heterocycles. The van der Waals surface area contributed by atoms with Crippen LogP contribution in [0.4, 0.5) is 0 Å². The van der Waals surface area contributed by atoms with Crippen molar-refractivity contribution in [2.24, 2.45) is 0 Å². The molecule has 1 heterocycles. The summed E-state index contributed by atoms with van der Waals surface area (Å²) in [6.07, 6.45) is 1.23. The first-order chi connectivity index (χ1) is 7.33. The molecule has 0 spiro atoms. The largest absolute Gasteiger partial charge is 0.382 e. The Balaban J connectivity index is 2.00. The van der Waals surface area contributed by atoms with E-state index in [9.17, 15) is 0 Å². The van der Waals surface area contributed by atoms with Gasteiger partial charge in [-0.25, -0.2) is 0 Å². The van der Waals surface area contributed by atoms with E-state index in [1.54, 1.807) is 7.11 Å². The second kappa shape index (κ2) is 8.05. The van der Waals surface area contributed by atoms with Gasteiger partial charge in [-0.2, -0.15) is 0 Å². The topological polar surface area (TPSA) is 33.7 Å². The van der Waals surface area contributed by atoms with Crippen LogP contribution in [0.1, 0.15) is 13.3 Å². The van der Waals surface area contributed by atoms with E-state index in [1.165, 1.54) is 13.0 Å². The summed E-state index contributed by atoms with van der Waals surface area (Å²) in [5.74, 6) is 0. The molecule has 15 heavy (non-hydrogen) atoms. The number of ether oxygens (including phenoxy) is 2. The molecule has 0 aromatic rings. The van der Waals surface area contributed by atoms with Gasteiger partial charge in [-0.15, -0.1) is 0 Å². The van der Waals surface area contributed by atoms with E-state index in [0.29, 0.717) is 19.3 Å². The molecule has 0 aliphatic carbocycles. The number of hydrogen-bond donors (Lipinski definition) is 1. The predicted octanol–water partition coefficient (Wildman–Crippen LogP) is 0.333. The molecule has 4 nitrogen and oxygen atoms in total. The van der Waals surface area contributed by atoms with Crippen molar-refractivity contribution in [3.8, 4) is 0 Å². The molecule has 0 aromatic carbocycles. The molecule has 4 heteroatoms. The third-order valence-corrected chi connectivity index (χ3v) is 2.78. The Bertz CT molecular complexity index is 156. The van der Waals surface area contributed by atoms with Crippen molar-refractivity contribution in [2.75, 3.05) is 53.1 Å². The van der Waals surface area contributed by atoms with Gasteiger partial charge in [-0.1, -0.05) is 0 Å². The van der Waals surface area contributed by atoms with E-state index < -0.39 is 0 Å². The lowest BCUT2D eigenvalue weighted by Gasteiger charge is -2.19. The summed E-state index contributed by atoms with van der Waals surface area (Å²) in [5.41, 5.74) is 0. The summed E-state index contributed by atoms with van der Waals surface area (Å²) in [6.45, 7) is 8.92. The van der Waals surface area contributed by atoms with Gasteiger partial charge in [-0.3, -0.25) is 4.90 Å². The summed E-state index contributed by atoms with van der Waals surface area (Å²) in [6, 6.07) is 0.657. The van der Waals surface area contributed by atoms with Crippen LogP contribution < -0.4 is 5.32 Å². The van der Waals surface area contributed by atoms with Crippen molar-refractivity contribution in [1.29, 1.82) is 0 Å². The van der Waals surface area contributed by atoms with Gasteiger partial charge < -0.3 is 14.8 Å². The maximum absolute atomic E-state index is 5.46. The summed E-state index contributed by atoms with van der Waals surface area (Å²) >= 11 is 0. The van der Waals surface area contributed by atoms with Gasteiger partial charge in [-0.05, 0) is 19.9 Å². The van der Waals surface area contributed by atoms with E-state index in [4.69, 9.17) is 9.47 Å². The highest BCUT2D eigenvalue weighted by atomic mass is 16.5. The number of hydrogen-bond acceptors (Lipinski definition) is 4. The molecular formula is C11H24N2O2. The summed E-state index contributed by atoms with van der Waals surface area (Å²) < 4.78 is 10.4. The molecule has 1 atom stereocenters. The zero-order valence-electron chi connectivity index (χ0n) is 10.00. The molecule has 1 unspecified atom stereocenters. The Labute approximate surface area is 92.9 Å². The third-order valence-electron chi connectivity index (χ3n) is 2.78. The molecule has 0 radical (unpaired) electrons. The second-order valence-electron chi connectivity index (χ2n) is 4.09. The normalized spacial score (nSPS) is 24.0. The fourth-order valence-electron chi connectivity index (χ4n) is 1.72. The lowest BCUT2D eigenvalue weighted by molar-refractivity contribution is 0.0580. The van der Waals surface area contributed by atoms with Gasteiger partial charge in [0.2, 0.25) is 0 Å². The highest BCUT2D eigenvalue weighted by molar-refractivity contribution is 4.71. The van der Waals surface area contributed by atoms with Crippen LogP contribution >= 0.6 is 0 Å². The number of nitrogens with zero attached hydrogens (tertiary/aromatic N) is 1. The summed E-state index contributed by atoms with van der Waals surface area (Å²) in [4.78, 5) is 2.46. The Morgan fingerprint density at radius 1 is 1.27 bits per heavy atom. The Kier molecular flexibility index (Phi) is 6.92. The van der Waals surface area contributed by atoms with Crippen LogP contribution in [0.25, 0.3) is 0 Å². The standard InChI is InChI=1S/C11H24N2O2/c1-11-3-5-13(6-4-12-11)7-8-15-10-9-14-2/h11-12H,3-10H2,1-2H3. The number of methoxy groups -OCH3 is 1. The molecule has 1 N–H and O–H groups in total. The van der Waals surface area contributed by atoms with Crippen LogP contribution in [0.2, 0.25) is 0 Å². The quantitative estimate of drug-likeness (QED) is 0.649. The molecular weight excluding hydrogens is 192 g/mol. The van der Waals surface area contributed by atoms with Crippen molar-refractivity contribution >= 4 is 0 Å². The molecule has 1 saturated heterocycles. The molecule has 90 valence electrons. The highest BCUT2D eigenvalue weighted by Crippen LogP contribution is 2.00.